The van der Waals surface area contributed by atoms with Crippen LogP contribution in [0.3, 0.4) is 0 Å². The van der Waals surface area contributed by atoms with E-state index in [4.69, 9.17) is 5.73 Å². The Morgan fingerprint density at radius 2 is 2.30 bits per heavy atom. The Bertz CT molecular complexity index is 609. The van der Waals surface area contributed by atoms with Crippen LogP contribution < -0.4 is 11.1 Å². The van der Waals surface area contributed by atoms with E-state index in [0.29, 0.717) is 23.4 Å². The number of rotatable bonds is 6. The van der Waals surface area contributed by atoms with Crippen LogP contribution in [0.25, 0.3) is 5.69 Å². The molecule has 106 valence electrons. The molecule has 0 bridgehead atoms. The van der Waals surface area contributed by atoms with Gasteiger partial charge >= 0.3 is 0 Å². The van der Waals surface area contributed by atoms with E-state index >= 15 is 0 Å². The minimum Gasteiger partial charge on any atom is -0.366 e. The summed E-state index contributed by atoms with van der Waals surface area (Å²) in [6, 6.07) is 4.77. The molecule has 1 amide bonds. The third kappa shape index (κ3) is 3.03. The van der Waals surface area contributed by atoms with Gasteiger partial charge in [-0.1, -0.05) is 13.0 Å². The fourth-order valence-electron chi connectivity index (χ4n) is 1.91. The highest BCUT2D eigenvalue weighted by molar-refractivity contribution is 5.92. The van der Waals surface area contributed by atoms with Crippen LogP contribution in [0.2, 0.25) is 0 Å². The Hall–Kier alpha value is -2.21. The molecule has 5 nitrogen and oxygen atoms in total. The van der Waals surface area contributed by atoms with Gasteiger partial charge in [0.05, 0.1) is 17.4 Å². The number of halogens is 1. The minimum atomic E-state index is -0.557. The van der Waals surface area contributed by atoms with Gasteiger partial charge in [-0.05, 0) is 25.1 Å². The predicted octanol–water partition coefficient (Wildman–Crippen LogP) is 1.61. The van der Waals surface area contributed by atoms with Gasteiger partial charge in [0, 0.05) is 18.3 Å². The normalized spacial score (nSPS) is 10.7. The summed E-state index contributed by atoms with van der Waals surface area (Å²) in [5.41, 5.74) is 6.60. The molecule has 20 heavy (non-hydrogen) atoms. The van der Waals surface area contributed by atoms with Crippen LogP contribution in [0.4, 0.5) is 4.39 Å². The van der Waals surface area contributed by atoms with Crippen LogP contribution >= 0.6 is 0 Å². The van der Waals surface area contributed by atoms with Gasteiger partial charge in [0.1, 0.15) is 5.82 Å². The average molecular weight is 276 g/mol. The van der Waals surface area contributed by atoms with Gasteiger partial charge in [-0.3, -0.25) is 4.79 Å². The molecule has 0 fully saturated rings. The lowest BCUT2D eigenvalue weighted by molar-refractivity contribution is 0.100. The van der Waals surface area contributed by atoms with Crippen molar-refractivity contribution in [3.8, 4) is 5.69 Å². The number of carbonyl (C=O) groups excluding carboxylic acids is 1. The lowest BCUT2D eigenvalue weighted by Gasteiger charge is -2.11. The van der Waals surface area contributed by atoms with Gasteiger partial charge in [0.25, 0.3) is 5.91 Å². The highest BCUT2D eigenvalue weighted by Crippen LogP contribution is 2.18. The standard InChI is InChI=1S/C14H17FN4O/c1-2-6-17-8-11-12(15)4-3-5-13(11)19-9-10(7-18-19)14(16)20/h3-5,7,9,17H,2,6,8H2,1H3,(H2,16,20). The quantitative estimate of drug-likeness (QED) is 0.787. The van der Waals surface area contributed by atoms with Gasteiger partial charge in [0.2, 0.25) is 0 Å². The number of primary amides is 1. The molecular weight excluding hydrogens is 259 g/mol. The molecule has 0 spiro atoms. The molecule has 6 heteroatoms. The summed E-state index contributed by atoms with van der Waals surface area (Å²) in [6.45, 7) is 3.25. The Kier molecular flexibility index (Phi) is 4.47. The summed E-state index contributed by atoms with van der Waals surface area (Å²) in [4.78, 5) is 11.1. The minimum absolute atomic E-state index is 0.293. The Morgan fingerprint density at radius 1 is 1.50 bits per heavy atom. The van der Waals surface area contributed by atoms with Crippen LogP contribution in [-0.4, -0.2) is 22.2 Å². The summed E-state index contributed by atoms with van der Waals surface area (Å²) in [5, 5.41) is 7.22. The van der Waals surface area contributed by atoms with Crippen molar-refractivity contribution in [2.75, 3.05) is 6.54 Å². The van der Waals surface area contributed by atoms with E-state index in [1.54, 1.807) is 12.1 Å². The van der Waals surface area contributed by atoms with Gasteiger partial charge in [-0.15, -0.1) is 0 Å². The largest absolute Gasteiger partial charge is 0.366 e. The number of hydrogen-bond acceptors (Lipinski definition) is 3. The first-order valence-electron chi connectivity index (χ1n) is 6.46. The Balaban J connectivity index is 2.34. The second-order valence-corrected chi connectivity index (χ2v) is 4.45. The third-order valence-electron chi connectivity index (χ3n) is 2.94. The van der Waals surface area contributed by atoms with Crippen LogP contribution in [0, 0.1) is 5.82 Å². The summed E-state index contributed by atoms with van der Waals surface area (Å²) in [5.74, 6) is -0.861. The topological polar surface area (TPSA) is 72.9 Å². The number of nitrogens with one attached hydrogen (secondary N) is 1. The van der Waals surface area contributed by atoms with E-state index < -0.39 is 5.91 Å². The Morgan fingerprint density at radius 3 is 2.95 bits per heavy atom. The SMILES string of the molecule is CCCNCc1c(F)cccc1-n1cc(C(N)=O)cn1. The number of carbonyl (C=O) groups is 1. The van der Waals surface area contributed by atoms with E-state index in [1.807, 2.05) is 6.92 Å². The van der Waals surface area contributed by atoms with Crippen molar-refractivity contribution in [3.05, 3.63) is 47.5 Å². The number of nitrogens with zero attached hydrogens (tertiary/aromatic N) is 2. The molecule has 0 aliphatic carbocycles. The number of nitrogens with two attached hydrogens (primary N) is 1. The molecule has 1 heterocycles. The summed E-state index contributed by atoms with van der Waals surface area (Å²) in [6.07, 6.45) is 3.84. The maximum atomic E-state index is 14.0. The summed E-state index contributed by atoms with van der Waals surface area (Å²) < 4.78 is 15.4. The van der Waals surface area contributed by atoms with E-state index in [1.165, 1.54) is 23.1 Å². The van der Waals surface area contributed by atoms with E-state index in [9.17, 15) is 9.18 Å². The van der Waals surface area contributed by atoms with Crippen molar-refractivity contribution in [2.24, 2.45) is 5.73 Å². The summed E-state index contributed by atoms with van der Waals surface area (Å²) >= 11 is 0. The monoisotopic (exact) mass is 276 g/mol. The first-order chi connectivity index (χ1) is 9.63. The van der Waals surface area contributed by atoms with Crippen LogP contribution in [-0.2, 0) is 6.54 Å². The molecule has 1 aromatic heterocycles. The van der Waals surface area contributed by atoms with Crippen molar-refractivity contribution < 1.29 is 9.18 Å². The average Bonchev–Trinajstić information content (AvgIpc) is 2.90. The molecule has 0 saturated heterocycles. The molecule has 0 atom stereocenters. The maximum absolute atomic E-state index is 14.0. The van der Waals surface area contributed by atoms with Crippen molar-refractivity contribution >= 4 is 5.91 Å². The molecule has 2 rings (SSSR count). The second kappa shape index (κ2) is 6.29. The predicted molar refractivity (Wildman–Crippen MR) is 74.0 cm³/mol. The molecule has 1 aromatic carbocycles. The smallest absolute Gasteiger partial charge is 0.251 e. The zero-order valence-corrected chi connectivity index (χ0v) is 11.3. The van der Waals surface area contributed by atoms with Crippen LogP contribution in [0.15, 0.2) is 30.6 Å². The van der Waals surface area contributed by atoms with Crippen LogP contribution in [0.5, 0.6) is 0 Å². The van der Waals surface area contributed by atoms with Gasteiger partial charge in [0.15, 0.2) is 0 Å². The van der Waals surface area contributed by atoms with Gasteiger partial charge < -0.3 is 11.1 Å². The number of benzene rings is 1. The number of amides is 1. The molecule has 0 unspecified atom stereocenters. The Labute approximate surface area is 116 Å². The van der Waals surface area contributed by atoms with Crippen molar-refractivity contribution in [1.82, 2.24) is 15.1 Å². The molecule has 3 N–H and O–H groups in total. The van der Waals surface area contributed by atoms with Crippen LogP contribution in [0.1, 0.15) is 29.3 Å². The molecule has 0 aliphatic heterocycles. The van der Waals surface area contributed by atoms with E-state index in [2.05, 4.69) is 10.4 Å². The highest BCUT2D eigenvalue weighted by atomic mass is 19.1. The number of aromatic nitrogens is 2. The lowest BCUT2D eigenvalue weighted by Crippen LogP contribution is -2.17. The van der Waals surface area contributed by atoms with Crippen molar-refractivity contribution in [2.45, 2.75) is 19.9 Å². The molecule has 0 radical (unpaired) electrons. The van der Waals surface area contributed by atoms with E-state index in [-0.39, 0.29) is 5.82 Å². The van der Waals surface area contributed by atoms with E-state index in [0.717, 1.165) is 13.0 Å². The fraction of sp³-hybridized carbons (Fsp3) is 0.286. The fourth-order valence-corrected chi connectivity index (χ4v) is 1.91. The number of hydrogen-bond donors (Lipinski definition) is 2. The zero-order chi connectivity index (χ0) is 14.5. The van der Waals surface area contributed by atoms with Crippen molar-refractivity contribution in [1.29, 1.82) is 0 Å². The molecule has 2 aromatic rings. The third-order valence-corrected chi connectivity index (χ3v) is 2.94. The summed E-state index contributed by atoms with van der Waals surface area (Å²) in [7, 11) is 0. The van der Waals surface area contributed by atoms with Gasteiger partial charge in [-0.25, -0.2) is 9.07 Å². The van der Waals surface area contributed by atoms with Gasteiger partial charge in [-0.2, -0.15) is 5.10 Å². The highest BCUT2D eigenvalue weighted by Gasteiger charge is 2.12. The lowest BCUT2D eigenvalue weighted by atomic mass is 10.1. The molecule has 0 aliphatic rings. The molecule has 0 saturated carbocycles. The second-order valence-electron chi connectivity index (χ2n) is 4.45. The zero-order valence-electron chi connectivity index (χ0n) is 11.3. The van der Waals surface area contributed by atoms with Crippen molar-refractivity contribution in [3.63, 3.8) is 0 Å². The first kappa shape index (κ1) is 14.2. The maximum Gasteiger partial charge on any atom is 0.251 e. The first-order valence-corrected chi connectivity index (χ1v) is 6.46. The molecular formula is C14H17FN4O.